The summed E-state index contributed by atoms with van der Waals surface area (Å²) in [6, 6.07) is 12.4. The summed E-state index contributed by atoms with van der Waals surface area (Å²) in [5, 5.41) is 13.2. The number of aliphatic imine (C=N–C) groups is 1. The Balaban J connectivity index is 0.000000282. The van der Waals surface area contributed by atoms with Crippen molar-refractivity contribution in [3.05, 3.63) is 59.2 Å². The fourth-order valence-electron chi connectivity index (χ4n) is 5.20. The Kier molecular flexibility index (Phi) is 18.3. The fraction of sp³-hybridized carbons (Fsp3) is 0.487. The summed E-state index contributed by atoms with van der Waals surface area (Å²) in [7, 11) is 5.26. The molecule has 292 valence electrons. The number of nitriles is 1. The second kappa shape index (κ2) is 22.0. The molecule has 3 amide bonds. The number of amides is 3. The Morgan fingerprint density at radius 1 is 0.944 bits per heavy atom. The number of aryl methyl sites for hydroxylation is 2. The van der Waals surface area contributed by atoms with E-state index < -0.39 is 23.4 Å². The van der Waals surface area contributed by atoms with Crippen LogP contribution in [-0.2, 0) is 18.9 Å². The topological polar surface area (TPSA) is 158 Å². The van der Waals surface area contributed by atoms with Crippen LogP contribution in [0.4, 0.5) is 21.0 Å². The zero-order valence-corrected chi connectivity index (χ0v) is 33.4. The van der Waals surface area contributed by atoms with Gasteiger partial charge in [0.25, 0.3) is 0 Å². The number of hydrogen-bond donors (Lipinski definition) is 2. The van der Waals surface area contributed by atoms with Gasteiger partial charge in [0.05, 0.1) is 0 Å². The van der Waals surface area contributed by atoms with Gasteiger partial charge in [-0.1, -0.05) is 0 Å². The van der Waals surface area contributed by atoms with Crippen LogP contribution >= 0.6 is 0 Å². The van der Waals surface area contributed by atoms with E-state index in [4.69, 9.17) is 19.5 Å². The molecule has 0 spiro atoms. The Labute approximate surface area is 321 Å². The molecule has 1 saturated heterocycles. The summed E-state index contributed by atoms with van der Waals surface area (Å²) in [4.78, 5) is 42.9. The number of ether oxygens (including phenoxy) is 3. The Morgan fingerprint density at radius 2 is 1.63 bits per heavy atom. The summed E-state index contributed by atoms with van der Waals surface area (Å²) in [5.41, 5.74) is 5.82. The van der Waals surface area contributed by atoms with Gasteiger partial charge in [0.2, 0.25) is 6.41 Å². The van der Waals surface area contributed by atoms with E-state index in [1.165, 1.54) is 29.5 Å². The normalized spacial score (nSPS) is 14.6. The van der Waals surface area contributed by atoms with Crippen LogP contribution in [0.15, 0.2) is 47.5 Å². The second-order valence-electron chi connectivity index (χ2n) is 14.6. The van der Waals surface area contributed by atoms with E-state index in [9.17, 15) is 14.4 Å². The van der Waals surface area contributed by atoms with E-state index in [1.54, 1.807) is 61.0 Å². The zero-order chi connectivity index (χ0) is 40.3. The van der Waals surface area contributed by atoms with E-state index in [0.29, 0.717) is 6.41 Å². The van der Waals surface area contributed by atoms with Gasteiger partial charge in [-0.3, -0.25) is 10.1 Å². The van der Waals surface area contributed by atoms with Crippen LogP contribution in [0.25, 0.3) is 5.57 Å². The molecule has 0 aliphatic carbocycles. The molecule has 0 atom stereocenters. The Bertz CT molecular complexity index is 1670. The van der Waals surface area contributed by atoms with Crippen molar-refractivity contribution in [3.63, 3.8) is 0 Å². The first-order valence-electron chi connectivity index (χ1n) is 17.7. The minimum atomic E-state index is -0.770. The van der Waals surface area contributed by atoms with Gasteiger partial charge < -0.3 is 24.6 Å². The summed E-state index contributed by atoms with van der Waals surface area (Å²) in [6.45, 7) is 20.6. The standard InChI is InChI=1S/C15H17BN2O2.C13H19N3O.C11H20N2O4/c1-12-3-4-14(9-15(12)19-2)13-5-7-18(8-6-13)10-16-20-11-17;1-11-9-12(14-10-17)3-4-13(11)16-7-5-15(2)6-8-16;1-10(2,3)16-8(14)12-7-13-9(15)17-11(4,5)6/h3-5,9-10H,6-8H2,1-2H3;3-4,9-10H,5-8H2,1-2H3,(H,14,17);7H,1-6H3,(H,12,13,14,15). The first-order chi connectivity index (χ1) is 25.4. The number of piperazine rings is 1. The Hall–Kier alpha value is -5.36. The predicted molar refractivity (Wildman–Crippen MR) is 215 cm³/mol. The van der Waals surface area contributed by atoms with Crippen molar-refractivity contribution in [1.29, 1.82) is 5.26 Å². The van der Waals surface area contributed by atoms with Crippen molar-refractivity contribution >= 4 is 55.1 Å². The van der Waals surface area contributed by atoms with Crippen molar-refractivity contribution in [2.24, 2.45) is 4.99 Å². The number of carbonyl (C=O) groups is 3. The van der Waals surface area contributed by atoms with E-state index in [-0.39, 0.29) is 0 Å². The summed E-state index contributed by atoms with van der Waals surface area (Å²) in [6.07, 6.45) is 6.79. The first-order valence-corrected chi connectivity index (χ1v) is 17.7. The molecule has 14 nitrogen and oxygen atoms in total. The summed E-state index contributed by atoms with van der Waals surface area (Å²) in [5.74, 6) is 0.924. The van der Waals surface area contributed by atoms with E-state index in [0.717, 1.165) is 69.0 Å². The van der Waals surface area contributed by atoms with Crippen molar-refractivity contribution in [2.45, 2.75) is 73.0 Å². The molecule has 1 fully saturated rings. The molecule has 2 aromatic carbocycles. The summed E-state index contributed by atoms with van der Waals surface area (Å²) >= 11 is 0. The number of anilines is 2. The van der Waals surface area contributed by atoms with Gasteiger partial charge in [0, 0.05) is 37.6 Å². The number of rotatable bonds is 8. The molecule has 0 aromatic heterocycles. The minimum absolute atomic E-state index is 0.593. The van der Waals surface area contributed by atoms with Crippen LogP contribution in [0, 0.1) is 25.4 Å². The quantitative estimate of drug-likeness (QED) is 0.111. The molecule has 2 aliphatic rings. The third-order valence-electron chi connectivity index (χ3n) is 7.82. The van der Waals surface area contributed by atoms with Gasteiger partial charge in [-0.25, -0.2) is 9.59 Å². The van der Waals surface area contributed by atoms with Crippen molar-refractivity contribution < 1.29 is 33.2 Å². The van der Waals surface area contributed by atoms with Gasteiger partial charge in [-0.2, -0.15) is 4.99 Å². The first kappa shape index (κ1) is 44.8. The number of benzene rings is 2. The number of nitrogens with one attached hydrogen (secondary N) is 2. The number of nitrogens with zero attached hydrogens (tertiary/aromatic N) is 5. The third kappa shape index (κ3) is 17.4. The molecule has 2 aliphatic heterocycles. The SMILES string of the molecule is CC(C)(C)OC(=O)/N=C/NC(=O)OC(C)(C)C.COc1cc(C2=CCN(C=BOC#N)CC2)ccc1C.Cc1cc(NC=O)ccc1N1CCN(C)CC1. The van der Waals surface area contributed by atoms with Gasteiger partial charge in [-0.15, -0.1) is 0 Å². The molecule has 54 heavy (non-hydrogen) atoms. The minimum Gasteiger partial charge on any atom is -0.369 e. The number of methoxy groups -OCH3 is 1. The monoisotopic (exact) mass is 745 g/mol. The Morgan fingerprint density at radius 3 is 2.19 bits per heavy atom. The predicted octanol–water partition coefficient (Wildman–Crippen LogP) is 5.76. The maximum absolute atomic E-state index is 11.1. The molecule has 15 heteroatoms. The molecule has 2 N–H and O–H groups in total. The maximum Gasteiger partial charge on any atom is 0.211 e. The molecular weight excluding hydrogens is 689 g/mol. The van der Waals surface area contributed by atoms with E-state index >= 15 is 0 Å². The van der Waals surface area contributed by atoms with Crippen LogP contribution in [0.5, 0.6) is 5.75 Å². The van der Waals surface area contributed by atoms with Crippen molar-refractivity contribution in [2.75, 3.05) is 63.6 Å². The second-order valence-corrected chi connectivity index (χ2v) is 14.6. The van der Waals surface area contributed by atoms with Crippen molar-refractivity contribution in [1.82, 2.24) is 15.1 Å². The van der Waals surface area contributed by atoms with Gasteiger partial charge >= 0.3 is 131 Å². The smallest absolute Gasteiger partial charge is 0.211 e. The van der Waals surface area contributed by atoms with Crippen LogP contribution in [0.2, 0.25) is 0 Å². The fourth-order valence-corrected chi connectivity index (χ4v) is 5.20. The van der Waals surface area contributed by atoms with Crippen LogP contribution in [0.3, 0.4) is 0 Å². The number of carbonyl (C=O) groups excluding carboxylic acids is 3. The third-order valence-corrected chi connectivity index (χ3v) is 7.82. The molecular formula is C39H56BN7O7. The molecule has 0 bridgehead atoms. The molecule has 0 unspecified atom stereocenters. The summed E-state index contributed by atoms with van der Waals surface area (Å²) < 4.78 is 19.7. The van der Waals surface area contributed by atoms with Crippen LogP contribution in [0.1, 0.15) is 64.7 Å². The van der Waals surface area contributed by atoms with Crippen molar-refractivity contribution in [3.8, 4) is 12.0 Å². The average molecular weight is 746 g/mol. The average Bonchev–Trinajstić information content (AvgIpc) is 3.09. The molecule has 2 heterocycles. The molecule has 4 rings (SSSR count). The van der Waals surface area contributed by atoms with Crippen LogP contribution < -0.4 is 20.3 Å². The van der Waals surface area contributed by atoms with Gasteiger partial charge in [0.1, 0.15) is 17.5 Å². The van der Waals surface area contributed by atoms with Gasteiger partial charge in [-0.05, 0) is 79.3 Å². The van der Waals surface area contributed by atoms with Gasteiger partial charge in [0.15, 0.2) is 0 Å². The largest absolute Gasteiger partial charge is 0.369 e. The molecule has 0 radical (unpaired) electrons. The maximum atomic E-state index is 11.1. The zero-order valence-electron chi connectivity index (χ0n) is 33.4. The molecule has 2 aromatic rings. The van der Waals surface area contributed by atoms with E-state index in [1.807, 2.05) is 19.1 Å². The molecule has 0 saturated carbocycles. The number of alkyl carbamates (subject to hydrolysis) is 1. The number of hydrogen-bond acceptors (Lipinski definition) is 11. The van der Waals surface area contributed by atoms with E-state index in [2.05, 4.69) is 79.3 Å². The number of likely N-dealkylation sites (N-methyl/N-ethyl adjacent to an activating group) is 1. The van der Waals surface area contributed by atoms with Crippen LogP contribution in [-0.4, -0.2) is 113 Å².